The number of carbonyl (C=O) groups is 2. The first-order valence-corrected chi connectivity index (χ1v) is 12.5. The van der Waals surface area contributed by atoms with Gasteiger partial charge in [-0.3, -0.25) is 9.59 Å². The Bertz CT molecular complexity index is 493. The molecule has 1 aliphatic carbocycles. The van der Waals surface area contributed by atoms with Crippen molar-refractivity contribution in [3.05, 3.63) is 23.9 Å². The van der Waals surface area contributed by atoms with E-state index in [0.717, 1.165) is 13.0 Å². The SMILES string of the molecule is CCCCCCCCCCCCCCCCCCCCNC1=CC(=O)C=CC1=O. The molecular formula is C26H45NO2. The van der Waals surface area contributed by atoms with Crippen molar-refractivity contribution in [3.8, 4) is 0 Å². The fourth-order valence-electron chi connectivity index (χ4n) is 3.90. The van der Waals surface area contributed by atoms with Crippen LogP contribution in [-0.2, 0) is 9.59 Å². The van der Waals surface area contributed by atoms with Crippen LogP contribution in [0.2, 0.25) is 0 Å². The van der Waals surface area contributed by atoms with Gasteiger partial charge in [-0.15, -0.1) is 0 Å². The summed E-state index contributed by atoms with van der Waals surface area (Å²) in [5.74, 6) is -0.197. The molecule has 3 heteroatoms. The molecule has 0 fully saturated rings. The zero-order chi connectivity index (χ0) is 21.0. The molecule has 0 heterocycles. The van der Waals surface area contributed by atoms with Crippen molar-refractivity contribution < 1.29 is 9.59 Å². The van der Waals surface area contributed by atoms with Gasteiger partial charge < -0.3 is 5.32 Å². The van der Waals surface area contributed by atoms with Crippen molar-refractivity contribution in [1.29, 1.82) is 0 Å². The number of nitrogens with one attached hydrogen (secondary N) is 1. The summed E-state index contributed by atoms with van der Waals surface area (Å²) in [4.78, 5) is 22.9. The lowest BCUT2D eigenvalue weighted by molar-refractivity contribution is -0.114. The molecule has 0 aromatic heterocycles. The van der Waals surface area contributed by atoms with E-state index in [1.54, 1.807) is 0 Å². The van der Waals surface area contributed by atoms with E-state index in [1.165, 1.54) is 127 Å². The Morgan fingerprint density at radius 2 is 1.00 bits per heavy atom. The fourth-order valence-corrected chi connectivity index (χ4v) is 3.90. The summed E-state index contributed by atoms with van der Waals surface area (Å²) in [5, 5.41) is 3.10. The van der Waals surface area contributed by atoms with Crippen molar-refractivity contribution in [1.82, 2.24) is 5.32 Å². The summed E-state index contributed by atoms with van der Waals surface area (Å²) in [6.07, 6.45) is 28.7. The quantitative estimate of drug-likeness (QED) is 0.172. The highest BCUT2D eigenvalue weighted by atomic mass is 16.1. The summed E-state index contributed by atoms with van der Waals surface area (Å²) in [7, 11) is 0. The Kier molecular flexibility index (Phi) is 16.5. The monoisotopic (exact) mass is 403 g/mol. The maximum atomic E-state index is 11.6. The van der Waals surface area contributed by atoms with E-state index in [0.29, 0.717) is 5.70 Å². The molecule has 0 saturated heterocycles. The molecule has 0 atom stereocenters. The second-order valence-corrected chi connectivity index (χ2v) is 8.60. The highest BCUT2D eigenvalue weighted by molar-refractivity contribution is 6.16. The zero-order valence-electron chi connectivity index (χ0n) is 19.0. The van der Waals surface area contributed by atoms with Crippen LogP contribution >= 0.6 is 0 Å². The molecule has 1 aliphatic rings. The Balaban J connectivity index is 1.74. The van der Waals surface area contributed by atoms with Crippen LogP contribution in [0.3, 0.4) is 0 Å². The summed E-state index contributed by atoms with van der Waals surface area (Å²) >= 11 is 0. The van der Waals surface area contributed by atoms with Gasteiger partial charge in [0.2, 0.25) is 5.78 Å². The van der Waals surface area contributed by atoms with E-state index < -0.39 is 0 Å². The molecule has 29 heavy (non-hydrogen) atoms. The molecule has 0 saturated carbocycles. The summed E-state index contributed by atoms with van der Waals surface area (Å²) in [6, 6.07) is 0. The van der Waals surface area contributed by atoms with Gasteiger partial charge in [-0.1, -0.05) is 116 Å². The first-order valence-electron chi connectivity index (χ1n) is 12.5. The third-order valence-electron chi connectivity index (χ3n) is 5.80. The van der Waals surface area contributed by atoms with E-state index in [9.17, 15) is 9.59 Å². The van der Waals surface area contributed by atoms with Crippen molar-refractivity contribution in [2.24, 2.45) is 0 Å². The third-order valence-corrected chi connectivity index (χ3v) is 5.80. The number of ketones is 2. The minimum Gasteiger partial charge on any atom is -0.382 e. The second kappa shape index (κ2) is 18.6. The largest absolute Gasteiger partial charge is 0.382 e. The standard InChI is InChI=1S/C26H45NO2/c1-2-3-4-5-6-7-8-9-10-11-12-13-14-15-16-17-18-19-22-27-25-23-24(28)20-21-26(25)29/h20-21,23,27H,2-19,22H2,1H3. The van der Waals surface area contributed by atoms with Gasteiger partial charge >= 0.3 is 0 Å². The Hall–Kier alpha value is -1.38. The molecule has 0 amide bonds. The van der Waals surface area contributed by atoms with Crippen LogP contribution in [0.4, 0.5) is 0 Å². The van der Waals surface area contributed by atoms with E-state index in [2.05, 4.69) is 12.2 Å². The Labute approximate surface area is 179 Å². The highest BCUT2D eigenvalue weighted by Gasteiger charge is 2.11. The molecule has 1 rings (SSSR count). The first-order chi connectivity index (χ1) is 14.2. The van der Waals surface area contributed by atoms with Gasteiger partial charge in [-0.2, -0.15) is 0 Å². The second-order valence-electron chi connectivity index (χ2n) is 8.60. The first kappa shape index (κ1) is 25.7. The topological polar surface area (TPSA) is 46.2 Å². The van der Waals surface area contributed by atoms with Crippen molar-refractivity contribution >= 4 is 11.6 Å². The molecule has 1 N–H and O–H groups in total. The van der Waals surface area contributed by atoms with Crippen LogP contribution in [0.15, 0.2) is 23.9 Å². The van der Waals surface area contributed by atoms with Gasteiger partial charge in [0.05, 0.1) is 5.70 Å². The predicted molar refractivity (Wildman–Crippen MR) is 124 cm³/mol. The van der Waals surface area contributed by atoms with E-state index in [1.807, 2.05) is 0 Å². The molecular weight excluding hydrogens is 358 g/mol. The van der Waals surface area contributed by atoms with Crippen molar-refractivity contribution in [3.63, 3.8) is 0 Å². The smallest absolute Gasteiger partial charge is 0.201 e. The number of rotatable bonds is 20. The minimum absolute atomic E-state index is 0.0907. The molecule has 3 nitrogen and oxygen atoms in total. The fraction of sp³-hybridized carbons (Fsp3) is 0.769. The van der Waals surface area contributed by atoms with Crippen LogP contribution in [0.1, 0.15) is 122 Å². The molecule has 0 unspecified atom stereocenters. The van der Waals surface area contributed by atoms with Gasteiger partial charge in [0.25, 0.3) is 0 Å². The highest BCUT2D eigenvalue weighted by Crippen LogP contribution is 2.14. The van der Waals surface area contributed by atoms with Gasteiger partial charge in [0, 0.05) is 12.6 Å². The molecule has 0 spiro atoms. The molecule has 0 aliphatic heterocycles. The van der Waals surface area contributed by atoms with Crippen molar-refractivity contribution in [2.45, 2.75) is 122 Å². The van der Waals surface area contributed by atoms with Gasteiger partial charge in [-0.05, 0) is 18.6 Å². The van der Waals surface area contributed by atoms with E-state index >= 15 is 0 Å². The van der Waals surface area contributed by atoms with Crippen LogP contribution in [0.5, 0.6) is 0 Å². The number of unbranched alkanes of at least 4 members (excludes halogenated alkanes) is 17. The predicted octanol–water partition coefficient (Wildman–Crippen LogP) is 7.21. The normalized spacial score (nSPS) is 13.8. The lowest BCUT2D eigenvalue weighted by atomic mass is 10.0. The van der Waals surface area contributed by atoms with Gasteiger partial charge in [-0.25, -0.2) is 0 Å². The molecule has 0 aromatic carbocycles. The zero-order valence-corrected chi connectivity index (χ0v) is 19.0. The molecule has 0 aromatic rings. The number of hydrogen-bond donors (Lipinski definition) is 1. The Morgan fingerprint density at radius 3 is 1.45 bits per heavy atom. The molecule has 0 bridgehead atoms. The number of allylic oxidation sites excluding steroid dienone is 3. The minimum atomic E-state index is -0.107. The maximum Gasteiger partial charge on any atom is 0.201 e. The molecule has 166 valence electrons. The van der Waals surface area contributed by atoms with Crippen molar-refractivity contribution in [2.75, 3.05) is 6.54 Å². The average molecular weight is 404 g/mol. The van der Waals surface area contributed by atoms with Gasteiger partial charge in [0.15, 0.2) is 5.78 Å². The third kappa shape index (κ3) is 15.2. The lowest BCUT2D eigenvalue weighted by Gasteiger charge is -2.10. The average Bonchev–Trinajstić information content (AvgIpc) is 2.72. The summed E-state index contributed by atoms with van der Waals surface area (Å²) < 4.78 is 0. The van der Waals surface area contributed by atoms with E-state index in [4.69, 9.17) is 0 Å². The summed E-state index contributed by atoms with van der Waals surface area (Å²) in [6.45, 7) is 3.06. The summed E-state index contributed by atoms with van der Waals surface area (Å²) in [5.41, 5.74) is 0.449. The maximum absolute atomic E-state index is 11.6. The van der Waals surface area contributed by atoms with E-state index in [-0.39, 0.29) is 11.6 Å². The van der Waals surface area contributed by atoms with Crippen LogP contribution < -0.4 is 5.32 Å². The Morgan fingerprint density at radius 1 is 0.586 bits per heavy atom. The lowest BCUT2D eigenvalue weighted by Crippen LogP contribution is -2.23. The number of hydrogen-bond acceptors (Lipinski definition) is 3. The van der Waals surface area contributed by atoms with Crippen LogP contribution in [0.25, 0.3) is 0 Å². The van der Waals surface area contributed by atoms with Crippen LogP contribution in [-0.4, -0.2) is 18.1 Å². The van der Waals surface area contributed by atoms with Gasteiger partial charge in [0.1, 0.15) is 0 Å². The molecule has 0 radical (unpaired) electrons. The number of carbonyl (C=O) groups excluding carboxylic acids is 2. The van der Waals surface area contributed by atoms with Crippen LogP contribution in [0, 0.1) is 0 Å².